The third kappa shape index (κ3) is 3.30. The molecule has 32 heavy (non-hydrogen) atoms. The van der Waals surface area contributed by atoms with E-state index in [1.165, 1.54) is 33.4 Å². The topological polar surface area (TPSA) is 29.9 Å². The smallest absolute Gasteiger partial charge is 0.0651 e. The van der Waals surface area contributed by atoms with Crippen LogP contribution in [0, 0.1) is 0 Å². The molecule has 1 N–H and O–H groups in total. The van der Waals surface area contributed by atoms with Crippen LogP contribution in [-0.2, 0) is 0 Å². The number of nitrogens with zero attached hydrogens (tertiary/aromatic N) is 2. The molecule has 0 saturated carbocycles. The second-order valence-electron chi connectivity index (χ2n) is 7.90. The summed E-state index contributed by atoms with van der Waals surface area (Å²) in [4.78, 5) is 0. The van der Waals surface area contributed by atoms with Gasteiger partial charge in [-0.3, -0.25) is 0 Å². The summed E-state index contributed by atoms with van der Waals surface area (Å²) in [5.41, 5.74) is 10.4. The molecule has 0 radical (unpaired) electrons. The fourth-order valence-electron chi connectivity index (χ4n) is 4.28. The van der Waals surface area contributed by atoms with Crippen LogP contribution < -0.4 is 5.32 Å². The lowest BCUT2D eigenvalue weighted by atomic mass is 9.96. The van der Waals surface area contributed by atoms with Crippen molar-refractivity contribution in [2.24, 2.45) is 0 Å². The first-order chi connectivity index (χ1) is 15.8. The van der Waals surface area contributed by atoms with Crippen LogP contribution in [0.1, 0.15) is 11.1 Å². The SMILES string of the molecule is C1=Cc2cccc(-c3cccc(-c4cccc(-n5cccn5)c4)c3)c2Nc2ccccc21. The van der Waals surface area contributed by atoms with Crippen LogP contribution in [0.3, 0.4) is 0 Å². The molecule has 152 valence electrons. The van der Waals surface area contributed by atoms with E-state index >= 15 is 0 Å². The van der Waals surface area contributed by atoms with E-state index < -0.39 is 0 Å². The molecule has 0 spiro atoms. The number of rotatable bonds is 3. The molecule has 0 amide bonds. The first-order valence-electron chi connectivity index (χ1n) is 10.7. The molecule has 3 heteroatoms. The summed E-state index contributed by atoms with van der Waals surface area (Å²) in [6.07, 6.45) is 8.13. The van der Waals surface area contributed by atoms with Gasteiger partial charge in [0.2, 0.25) is 0 Å². The van der Waals surface area contributed by atoms with Crippen molar-refractivity contribution in [1.82, 2.24) is 9.78 Å². The van der Waals surface area contributed by atoms with E-state index in [1.807, 2.05) is 16.9 Å². The zero-order chi connectivity index (χ0) is 21.3. The third-order valence-corrected chi connectivity index (χ3v) is 5.88. The summed E-state index contributed by atoms with van der Waals surface area (Å²) in [6, 6.07) is 34.0. The van der Waals surface area contributed by atoms with Gasteiger partial charge in [-0.2, -0.15) is 5.10 Å². The maximum atomic E-state index is 4.36. The van der Waals surface area contributed by atoms with Gasteiger partial charge in [-0.15, -0.1) is 0 Å². The van der Waals surface area contributed by atoms with Gasteiger partial charge in [0.1, 0.15) is 0 Å². The molecule has 6 rings (SSSR count). The molecule has 4 aromatic carbocycles. The van der Waals surface area contributed by atoms with E-state index in [0.29, 0.717) is 0 Å². The largest absolute Gasteiger partial charge is 0.354 e. The number of aromatic nitrogens is 2. The molecule has 1 aromatic heterocycles. The van der Waals surface area contributed by atoms with Crippen molar-refractivity contribution in [3.05, 3.63) is 121 Å². The summed E-state index contributed by atoms with van der Waals surface area (Å²) in [5.74, 6) is 0. The Morgan fingerprint density at radius 2 is 1.38 bits per heavy atom. The highest BCUT2D eigenvalue weighted by molar-refractivity contribution is 5.95. The molecule has 0 atom stereocenters. The van der Waals surface area contributed by atoms with Gasteiger partial charge >= 0.3 is 0 Å². The number of anilines is 2. The van der Waals surface area contributed by atoms with Gasteiger partial charge in [-0.25, -0.2) is 4.68 Å². The van der Waals surface area contributed by atoms with Crippen molar-refractivity contribution in [2.45, 2.75) is 0 Å². The third-order valence-electron chi connectivity index (χ3n) is 5.88. The average molecular weight is 412 g/mol. The Morgan fingerprint density at radius 1 is 0.625 bits per heavy atom. The number of benzene rings is 4. The molecule has 0 aliphatic carbocycles. The number of para-hydroxylation sites is 2. The molecule has 2 heterocycles. The van der Waals surface area contributed by atoms with Crippen LogP contribution in [0.15, 0.2) is 109 Å². The van der Waals surface area contributed by atoms with Crippen LogP contribution in [0.25, 0.3) is 40.1 Å². The highest BCUT2D eigenvalue weighted by Crippen LogP contribution is 2.38. The first-order valence-corrected chi connectivity index (χ1v) is 10.7. The van der Waals surface area contributed by atoms with Crippen LogP contribution in [-0.4, -0.2) is 9.78 Å². The minimum absolute atomic E-state index is 1.05. The molecule has 3 nitrogen and oxygen atoms in total. The number of hydrogen-bond donors (Lipinski definition) is 1. The fraction of sp³-hybridized carbons (Fsp3) is 0. The van der Waals surface area contributed by atoms with Gasteiger partial charge in [0, 0.05) is 23.6 Å². The van der Waals surface area contributed by atoms with Crippen molar-refractivity contribution in [2.75, 3.05) is 5.32 Å². The number of hydrogen-bond acceptors (Lipinski definition) is 2. The van der Waals surface area contributed by atoms with Gasteiger partial charge in [0.05, 0.1) is 11.4 Å². The van der Waals surface area contributed by atoms with E-state index in [9.17, 15) is 0 Å². The molecule has 5 aromatic rings. The van der Waals surface area contributed by atoms with Gasteiger partial charge in [-0.05, 0) is 58.1 Å². The van der Waals surface area contributed by atoms with E-state index in [0.717, 1.165) is 17.1 Å². The highest BCUT2D eigenvalue weighted by Gasteiger charge is 2.14. The van der Waals surface area contributed by atoms with Crippen LogP contribution in [0.5, 0.6) is 0 Å². The first kappa shape index (κ1) is 18.4. The van der Waals surface area contributed by atoms with E-state index in [4.69, 9.17) is 0 Å². The van der Waals surface area contributed by atoms with E-state index in [2.05, 4.69) is 114 Å². The molecular formula is C29H21N3. The predicted octanol–water partition coefficient (Wildman–Crippen LogP) is 7.43. The Kier molecular flexibility index (Phi) is 4.43. The quantitative estimate of drug-likeness (QED) is 0.328. The molecular weight excluding hydrogens is 390 g/mol. The van der Waals surface area contributed by atoms with Crippen molar-refractivity contribution in [3.8, 4) is 27.9 Å². The van der Waals surface area contributed by atoms with Crippen molar-refractivity contribution in [3.63, 3.8) is 0 Å². The summed E-state index contributed by atoms with van der Waals surface area (Å²) in [6.45, 7) is 0. The minimum Gasteiger partial charge on any atom is -0.354 e. The van der Waals surface area contributed by atoms with Crippen molar-refractivity contribution >= 4 is 23.5 Å². The Balaban J connectivity index is 1.43. The standard InChI is InChI=1S/C29H21N3/c1-2-14-28-21(7-1)15-16-22-8-5-13-27(29(22)31-28)25-11-3-9-23(19-25)24-10-4-12-26(20-24)32-18-6-17-30-32/h1-20,31H. The van der Waals surface area contributed by atoms with E-state index in [-0.39, 0.29) is 0 Å². The summed E-state index contributed by atoms with van der Waals surface area (Å²) < 4.78 is 1.89. The van der Waals surface area contributed by atoms with Gasteiger partial charge < -0.3 is 5.32 Å². The van der Waals surface area contributed by atoms with Gasteiger partial charge in [0.25, 0.3) is 0 Å². The maximum absolute atomic E-state index is 4.36. The Hall–Kier alpha value is -4.37. The normalized spacial score (nSPS) is 11.9. The molecule has 0 unspecified atom stereocenters. The maximum Gasteiger partial charge on any atom is 0.0651 e. The van der Waals surface area contributed by atoms with Crippen molar-refractivity contribution in [1.29, 1.82) is 0 Å². The summed E-state index contributed by atoms with van der Waals surface area (Å²) in [7, 11) is 0. The second kappa shape index (κ2) is 7.71. The summed E-state index contributed by atoms with van der Waals surface area (Å²) in [5, 5.41) is 8.05. The Morgan fingerprint density at radius 3 is 2.28 bits per heavy atom. The predicted molar refractivity (Wildman–Crippen MR) is 133 cm³/mol. The molecule has 0 saturated heterocycles. The van der Waals surface area contributed by atoms with Crippen molar-refractivity contribution < 1.29 is 0 Å². The minimum atomic E-state index is 1.05. The zero-order valence-electron chi connectivity index (χ0n) is 17.4. The second-order valence-corrected chi connectivity index (χ2v) is 7.90. The van der Waals surface area contributed by atoms with Crippen LogP contribution in [0.2, 0.25) is 0 Å². The molecule has 0 bridgehead atoms. The highest BCUT2D eigenvalue weighted by atomic mass is 15.3. The van der Waals surface area contributed by atoms with Gasteiger partial charge in [0.15, 0.2) is 0 Å². The molecule has 0 fully saturated rings. The fourth-order valence-corrected chi connectivity index (χ4v) is 4.28. The van der Waals surface area contributed by atoms with Gasteiger partial charge in [-0.1, -0.05) is 78.9 Å². The lowest BCUT2D eigenvalue weighted by Crippen LogP contribution is -1.96. The number of nitrogens with one attached hydrogen (secondary N) is 1. The monoisotopic (exact) mass is 411 g/mol. The lowest BCUT2D eigenvalue weighted by molar-refractivity contribution is 0.881. The Labute approximate surface area is 187 Å². The molecule has 1 aliphatic rings. The van der Waals surface area contributed by atoms with Crippen LogP contribution >= 0.6 is 0 Å². The van der Waals surface area contributed by atoms with Crippen LogP contribution in [0.4, 0.5) is 11.4 Å². The Bertz CT molecular complexity index is 1450. The number of fused-ring (bicyclic) bond motifs is 2. The summed E-state index contributed by atoms with van der Waals surface area (Å²) >= 11 is 0. The zero-order valence-corrected chi connectivity index (χ0v) is 17.4. The van der Waals surface area contributed by atoms with E-state index in [1.54, 1.807) is 6.20 Å². The average Bonchev–Trinajstić information content (AvgIpc) is 3.32. The lowest BCUT2D eigenvalue weighted by Gasteiger charge is -2.16. The molecule has 1 aliphatic heterocycles.